The van der Waals surface area contributed by atoms with Gasteiger partial charge in [0.15, 0.2) is 9.84 Å². The number of nitrogens with one attached hydrogen (secondary N) is 1. The Kier molecular flexibility index (Phi) is 6.88. The minimum atomic E-state index is -3.64. The molecule has 0 bridgehead atoms. The zero-order valence-corrected chi connectivity index (χ0v) is 19.6. The van der Waals surface area contributed by atoms with Crippen molar-refractivity contribution >= 4 is 25.8 Å². The molecule has 1 heterocycles. The summed E-state index contributed by atoms with van der Waals surface area (Å²) in [5.41, 5.74) is 1.72. The van der Waals surface area contributed by atoms with Crippen LogP contribution in [0.3, 0.4) is 0 Å². The standard InChI is InChI=1S/C22H28N2O5S2/c1-16-7-10-20(31(28,29)24-13-5-4-6-14-24)15-21(16)22(25)23-17(2)18-8-11-19(12-9-18)30(3,26)27/h7-12,15,17H,4-6,13-14H2,1-3H3,(H,23,25)/t17-/m1/s1. The Morgan fingerprint density at radius 1 is 0.935 bits per heavy atom. The Morgan fingerprint density at radius 2 is 1.52 bits per heavy atom. The molecule has 1 aliphatic heterocycles. The van der Waals surface area contributed by atoms with E-state index in [0.717, 1.165) is 31.1 Å². The molecule has 2 aromatic rings. The molecule has 0 unspecified atom stereocenters. The molecule has 0 spiro atoms. The van der Waals surface area contributed by atoms with Gasteiger partial charge in [0.05, 0.1) is 15.8 Å². The van der Waals surface area contributed by atoms with Gasteiger partial charge < -0.3 is 5.32 Å². The number of aryl methyl sites for hydroxylation is 1. The van der Waals surface area contributed by atoms with Crippen LogP contribution in [-0.4, -0.2) is 46.4 Å². The van der Waals surface area contributed by atoms with Crippen molar-refractivity contribution in [1.82, 2.24) is 9.62 Å². The lowest BCUT2D eigenvalue weighted by Crippen LogP contribution is -2.35. The number of nitrogens with zero attached hydrogens (tertiary/aromatic N) is 1. The van der Waals surface area contributed by atoms with Gasteiger partial charge in [0.2, 0.25) is 10.0 Å². The van der Waals surface area contributed by atoms with E-state index < -0.39 is 19.9 Å². The quantitative estimate of drug-likeness (QED) is 0.708. The van der Waals surface area contributed by atoms with Crippen LogP contribution in [0.1, 0.15) is 53.7 Å². The smallest absolute Gasteiger partial charge is 0.252 e. The van der Waals surface area contributed by atoms with Crippen molar-refractivity contribution in [3.63, 3.8) is 0 Å². The second kappa shape index (κ2) is 9.10. The fourth-order valence-corrected chi connectivity index (χ4v) is 5.80. The van der Waals surface area contributed by atoms with E-state index in [0.29, 0.717) is 24.2 Å². The third-order valence-corrected chi connectivity index (χ3v) is 8.59. The third kappa shape index (κ3) is 5.34. The van der Waals surface area contributed by atoms with Crippen LogP contribution in [0.2, 0.25) is 0 Å². The molecule has 3 rings (SSSR count). The Hall–Kier alpha value is -2.23. The summed E-state index contributed by atoms with van der Waals surface area (Å²) in [5, 5.41) is 2.87. The molecule has 1 fully saturated rings. The summed E-state index contributed by atoms with van der Waals surface area (Å²) in [5.74, 6) is -0.382. The van der Waals surface area contributed by atoms with Crippen LogP contribution >= 0.6 is 0 Å². The molecule has 0 aromatic heterocycles. The van der Waals surface area contributed by atoms with Crippen molar-refractivity contribution in [1.29, 1.82) is 0 Å². The first-order chi connectivity index (χ1) is 14.5. The third-order valence-electron chi connectivity index (χ3n) is 5.56. The van der Waals surface area contributed by atoms with Crippen LogP contribution in [0.5, 0.6) is 0 Å². The number of sulfone groups is 1. The van der Waals surface area contributed by atoms with Gasteiger partial charge in [-0.25, -0.2) is 16.8 Å². The normalized spacial score (nSPS) is 16.6. The minimum absolute atomic E-state index is 0.121. The first kappa shape index (κ1) is 23.4. The van der Waals surface area contributed by atoms with Crippen LogP contribution < -0.4 is 5.32 Å². The second-order valence-electron chi connectivity index (χ2n) is 7.98. The number of carbonyl (C=O) groups is 1. The largest absolute Gasteiger partial charge is 0.346 e. The summed E-state index contributed by atoms with van der Waals surface area (Å²) in [4.78, 5) is 13.2. The SMILES string of the molecule is Cc1ccc(S(=O)(=O)N2CCCCC2)cc1C(=O)N[C@H](C)c1ccc(S(C)(=O)=O)cc1. The zero-order valence-electron chi connectivity index (χ0n) is 18.0. The van der Waals surface area contributed by atoms with Gasteiger partial charge in [-0.15, -0.1) is 0 Å². The van der Waals surface area contributed by atoms with Crippen LogP contribution in [0.15, 0.2) is 52.3 Å². The van der Waals surface area contributed by atoms with Gasteiger partial charge in [-0.2, -0.15) is 4.31 Å². The van der Waals surface area contributed by atoms with Crippen molar-refractivity contribution < 1.29 is 21.6 Å². The summed E-state index contributed by atoms with van der Waals surface area (Å²) in [7, 11) is -6.93. The van der Waals surface area contributed by atoms with Crippen molar-refractivity contribution in [3.05, 3.63) is 59.2 Å². The highest BCUT2D eigenvalue weighted by molar-refractivity contribution is 7.90. The first-order valence-electron chi connectivity index (χ1n) is 10.2. The number of hydrogen-bond acceptors (Lipinski definition) is 5. The number of benzene rings is 2. The van der Waals surface area contributed by atoms with Gasteiger partial charge in [0.1, 0.15) is 0 Å². The topological polar surface area (TPSA) is 101 Å². The molecule has 31 heavy (non-hydrogen) atoms. The lowest BCUT2D eigenvalue weighted by molar-refractivity contribution is 0.0939. The number of carbonyl (C=O) groups excluding carboxylic acids is 1. The fraction of sp³-hybridized carbons (Fsp3) is 0.409. The van der Waals surface area contributed by atoms with Gasteiger partial charge in [-0.1, -0.05) is 24.6 Å². The van der Waals surface area contributed by atoms with Gasteiger partial charge in [0.25, 0.3) is 5.91 Å². The van der Waals surface area contributed by atoms with E-state index in [-0.39, 0.29) is 21.7 Å². The van der Waals surface area contributed by atoms with Gasteiger partial charge in [-0.05, 0) is 62.1 Å². The Bertz CT molecular complexity index is 1170. The van der Waals surface area contributed by atoms with Crippen molar-refractivity contribution in [2.75, 3.05) is 19.3 Å². The van der Waals surface area contributed by atoms with Crippen LogP contribution in [-0.2, 0) is 19.9 Å². The Morgan fingerprint density at radius 3 is 2.10 bits per heavy atom. The molecule has 0 saturated carbocycles. The van der Waals surface area contributed by atoms with E-state index in [1.54, 1.807) is 38.1 Å². The maximum absolute atomic E-state index is 13.0. The molecular formula is C22H28N2O5S2. The average Bonchev–Trinajstić information content (AvgIpc) is 2.74. The molecule has 9 heteroatoms. The molecule has 1 amide bonds. The van der Waals surface area contributed by atoms with Crippen molar-refractivity contribution in [3.8, 4) is 0 Å². The van der Waals surface area contributed by atoms with E-state index in [4.69, 9.17) is 0 Å². The molecule has 168 valence electrons. The molecule has 1 aliphatic rings. The van der Waals surface area contributed by atoms with Gasteiger partial charge in [0, 0.05) is 24.9 Å². The average molecular weight is 465 g/mol. The van der Waals surface area contributed by atoms with E-state index >= 15 is 0 Å². The minimum Gasteiger partial charge on any atom is -0.346 e. The molecule has 1 atom stereocenters. The Labute approximate surface area is 184 Å². The van der Waals surface area contributed by atoms with Crippen LogP contribution in [0.4, 0.5) is 0 Å². The summed E-state index contributed by atoms with van der Waals surface area (Å²) >= 11 is 0. The lowest BCUT2D eigenvalue weighted by atomic mass is 10.1. The molecule has 1 N–H and O–H groups in total. The van der Waals surface area contributed by atoms with Crippen LogP contribution in [0.25, 0.3) is 0 Å². The molecular weight excluding hydrogens is 436 g/mol. The molecule has 2 aromatic carbocycles. The van der Waals surface area contributed by atoms with Crippen molar-refractivity contribution in [2.24, 2.45) is 0 Å². The highest BCUT2D eigenvalue weighted by atomic mass is 32.2. The molecule has 1 saturated heterocycles. The monoisotopic (exact) mass is 464 g/mol. The maximum atomic E-state index is 13.0. The van der Waals surface area contributed by atoms with E-state index in [1.165, 1.54) is 22.5 Å². The molecule has 0 aliphatic carbocycles. The number of hydrogen-bond donors (Lipinski definition) is 1. The highest BCUT2D eigenvalue weighted by Gasteiger charge is 2.27. The zero-order chi connectivity index (χ0) is 22.8. The van der Waals surface area contributed by atoms with E-state index in [2.05, 4.69) is 5.32 Å². The van der Waals surface area contributed by atoms with E-state index in [9.17, 15) is 21.6 Å². The number of rotatable bonds is 6. The number of piperidine rings is 1. The van der Waals surface area contributed by atoms with E-state index in [1.807, 2.05) is 0 Å². The van der Waals surface area contributed by atoms with Crippen LogP contribution in [0, 0.1) is 6.92 Å². The number of sulfonamides is 1. The summed E-state index contributed by atoms with van der Waals surface area (Å²) < 4.78 is 50.7. The fourth-order valence-electron chi connectivity index (χ4n) is 3.62. The van der Waals surface area contributed by atoms with Crippen molar-refractivity contribution in [2.45, 2.75) is 48.9 Å². The summed E-state index contributed by atoms with van der Waals surface area (Å²) in [6, 6.07) is 10.6. The Balaban J connectivity index is 1.80. The predicted octanol–water partition coefficient (Wildman–Crippen LogP) is 3.06. The maximum Gasteiger partial charge on any atom is 0.252 e. The first-order valence-corrected chi connectivity index (χ1v) is 13.5. The second-order valence-corrected chi connectivity index (χ2v) is 11.9. The number of amides is 1. The van der Waals surface area contributed by atoms with Gasteiger partial charge >= 0.3 is 0 Å². The molecule has 7 nitrogen and oxygen atoms in total. The predicted molar refractivity (Wildman–Crippen MR) is 119 cm³/mol. The summed E-state index contributed by atoms with van der Waals surface area (Å²) in [6.07, 6.45) is 3.85. The van der Waals surface area contributed by atoms with Gasteiger partial charge in [-0.3, -0.25) is 4.79 Å². The summed E-state index contributed by atoms with van der Waals surface area (Å²) in [6.45, 7) is 4.55. The lowest BCUT2D eigenvalue weighted by Gasteiger charge is -2.26. The highest BCUT2D eigenvalue weighted by Crippen LogP contribution is 2.24. The molecule has 0 radical (unpaired) electrons.